The number of hydrogen-bond acceptors (Lipinski definition) is 1. The molecule has 0 atom stereocenters. The molecule has 0 amide bonds. The Labute approximate surface area is 109 Å². The van der Waals surface area contributed by atoms with E-state index in [4.69, 9.17) is 0 Å². The Hall–Kier alpha value is -0.350. The second-order valence-corrected chi connectivity index (χ2v) is 5.38. The zero-order valence-electron chi connectivity index (χ0n) is 8.99. The highest BCUT2D eigenvalue weighted by molar-refractivity contribution is 9.10. The molecule has 4 heteroatoms. The molecular formula is C11H14Br2N2. The first kappa shape index (κ1) is 12.7. The molecule has 2 aromatic rings. The highest BCUT2D eigenvalue weighted by Gasteiger charge is 2.18. The average Bonchev–Trinajstić information content (AvgIpc) is 2.45. The van der Waals surface area contributed by atoms with Gasteiger partial charge in [-0.3, -0.25) is 0 Å². The molecule has 0 saturated heterocycles. The van der Waals surface area contributed by atoms with Crippen LogP contribution in [0.25, 0.3) is 5.65 Å². The first-order valence-corrected chi connectivity index (χ1v) is 5.41. The minimum atomic E-state index is 0. The quantitative estimate of drug-likeness (QED) is 0.713. The first-order chi connectivity index (χ1) is 6.48. The van der Waals surface area contributed by atoms with Gasteiger partial charge in [-0.25, -0.2) is 4.98 Å². The van der Waals surface area contributed by atoms with Crippen LogP contribution in [0.3, 0.4) is 0 Å². The molecule has 0 fully saturated rings. The van der Waals surface area contributed by atoms with Crippen LogP contribution >= 0.6 is 32.9 Å². The number of aromatic nitrogens is 2. The third-order valence-electron chi connectivity index (χ3n) is 2.24. The van der Waals surface area contributed by atoms with Gasteiger partial charge in [-0.05, 0) is 28.1 Å². The molecule has 2 aromatic heterocycles. The maximum atomic E-state index is 4.37. The van der Waals surface area contributed by atoms with Crippen LogP contribution in [-0.4, -0.2) is 9.38 Å². The number of halogens is 2. The monoisotopic (exact) mass is 332 g/mol. The van der Waals surface area contributed by atoms with Crippen LogP contribution in [0.5, 0.6) is 0 Å². The van der Waals surface area contributed by atoms with Gasteiger partial charge in [0.05, 0.1) is 0 Å². The lowest BCUT2D eigenvalue weighted by atomic mass is 9.93. The van der Waals surface area contributed by atoms with Crippen molar-refractivity contribution >= 4 is 38.6 Å². The second-order valence-electron chi connectivity index (χ2n) is 4.47. The Kier molecular flexibility index (Phi) is 3.61. The number of fused-ring (bicyclic) bond motifs is 1. The van der Waals surface area contributed by atoms with Crippen molar-refractivity contribution in [2.45, 2.75) is 26.2 Å². The molecule has 0 N–H and O–H groups in total. The molecule has 0 unspecified atom stereocenters. The number of hydrogen-bond donors (Lipinski definition) is 0. The molecule has 0 radical (unpaired) electrons. The molecule has 0 aliphatic carbocycles. The van der Waals surface area contributed by atoms with Crippen molar-refractivity contribution < 1.29 is 0 Å². The normalized spacial score (nSPS) is 11.5. The van der Waals surface area contributed by atoms with Crippen molar-refractivity contribution in [3.63, 3.8) is 0 Å². The summed E-state index contributed by atoms with van der Waals surface area (Å²) in [7, 11) is 0. The van der Waals surface area contributed by atoms with Crippen LogP contribution < -0.4 is 0 Å². The Morgan fingerprint density at radius 2 is 1.93 bits per heavy atom. The molecule has 2 nitrogen and oxygen atoms in total. The fraction of sp³-hybridized carbons (Fsp3) is 0.364. The number of nitrogens with zero attached hydrogens (tertiary/aromatic N) is 2. The molecule has 2 heterocycles. The van der Waals surface area contributed by atoms with Crippen molar-refractivity contribution in [3.05, 3.63) is 34.7 Å². The van der Waals surface area contributed by atoms with Crippen LogP contribution in [0.1, 0.15) is 26.5 Å². The van der Waals surface area contributed by atoms with Crippen molar-refractivity contribution in [1.82, 2.24) is 9.38 Å². The predicted molar refractivity (Wildman–Crippen MR) is 71.9 cm³/mol. The zero-order valence-corrected chi connectivity index (χ0v) is 12.3. The Bertz CT molecular complexity index is 469. The lowest BCUT2D eigenvalue weighted by Crippen LogP contribution is -2.13. The summed E-state index contributed by atoms with van der Waals surface area (Å²) in [6.45, 7) is 6.58. The third-order valence-corrected chi connectivity index (χ3v) is 2.71. The summed E-state index contributed by atoms with van der Waals surface area (Å²) < 4.78 is 3.21. The zero-order chi connectivity index (χ0) is 10.3. The van der Waals surface area contributed by atoms with E-state index in [1.807, 2.05) is 18.3 Å². The van der Waals surface area contributed by atoms with Crippen LogP contribution in [0.4, 0.5) is 0 Å². The Balaban J connectivity index is 0.00000112. The number of pyridine rings is 1. The van der Waals surface area contributed by atoms with E-state index >= 15 is 0 Å². The second kappa shape index (κ2) is 4.26. The summed E-state index contributed by atoms with van der Waals surface area (Å²) in [5.74, 6) is 0. The van der Waals surface area contributed by atoms with Crippen LogP contribution in [0, 0.1) is 0 Å². The summed E-state index contributed by atoms with van der Waals surface area (Å²) in [6.07, 6.45) is 4.00. The fourth-order valence-electron chi connectivity index (χ4n) is 1.51. The van der Waals surface area contributed by atoms with Gasteiger partial charge in [0.25, 0.3) is 0 Å². The van der Waals surface area contributed by atoms with Gasteiger partial charge in [0.1, 0.15) is 5.65 Å². The molecule has 0 aliphatic heterocycles. The maximum absolute atomic E-state index is 4.37. The van der Waals surface area contributed by atoms with E-state index in [0.717, 1.165) is 10.1 Å². The molecule has 15 heavy (non-hydrogen) atoms. The topological polar surface area (TPSA) is 17.3 Å². The summed E-state index contributed by atoms with van der Waals surface area (Å²) in [4.78, 5) is 4.37. The van der Waals surface area contributed by atoms with Gasteiger partial charge in [0, 0.05) is 28.0 Å². The molecule has 82 valence electrons. The number of rotatable bonds is 0. The molecule has 0 aliphatic rings. The van der Waals surface area contributed by atoms with E-state index in [9.17, 15) is 0 Å². The van der Waals surface area contributed by atoms with E-state index in [1.165, 1.54) is 5.69 Å². The van der Waals surface area contributed by atoms with Crippen molar-refractivity contribution in [2.75, 3.05) is 0 Å². The van der Waals surface area contributed by atoms with E-state index in [1.54, 1.807) is 0 Å². The van der Waals surface area contributed by atoms with E-state index in [0.29, 0.717) is 0 Å². The number of imidazole rings is 1. The van der Waals surface area contributed by atoms with Crippen molar-refractivity contribution in [2.24, 2.45) is 0 Å². The van der Waals surface area contributed by atoms with E-state index in [2.05, 4.69) is 52.3 Å². The van der Waals surface area contributed by atoms with Gasteiger partial charge < -0.3 is 4.40 Å². The Morgan fingerprint density at radius 3 is 2.53 bits per heavy atom. The lowest BCUT2D eigenvalue weighted by molar-refractivity contribution is 0.563. The molecule has 0 saturated carbocycles. The molecule has 2 rings (SSSR count). The molecule has 0 bridgehead atoms. The highest BCUT2D eigenvalue weighted by Crippen LogP contribution is 2.24. The van der Waals surface area contributed by atoms with Crippen LogP contribution in [0.2, 0.25) is 0 Å². The standard InChI is InChI=1S/C11H13BrN2.BrH/c1-11(2,3)9-6-13-10-5-4-8(12)7-14(9)10;/h4-7H,1-3H3;1H. The smallest absolute Gasteiger partial charge is 0.136 e. The summed E-state index contributed by atoms with van der Waals surface area (Å²) >= 11 is 3.47. The minimum absolute atomic E-state index is 0. The average molecular weight is 334 g/mol. The van der Waals surface area contributed by atoms with Crippen LogP contribution in [0.15, 0.2) is 29.0 Å². The summed E-state index contributed by atoms with van der Waals surface area (Å²) in [6, 6.07) is 4.02. The fourth-order valence-corrected chi connectivity index (χ4v) is 1.85. The summed E-state index contributed by atoms with van der Waals surface area (Å²) in [5.41, 5.74) is 2.35. The SMILES string of the molecule is Br.CC(C)(C)c1cnc2ccc(Br)cn12. The van der Waals surface area contributed by atoms with E-state index < -0.39 is 0 Å². The van der Waals surface area contributed by atoms with E-state index in [-0.39, 0.29) is 22.4 Å². The third kappa shape index (κ3) is 2.42. The van der Waals surface area contributed by atoms with Gasteiger partial charge >= 0.3 is 0 Å². The maximum Gasteiger partial charge on any atom is 0.136 e. The first-order valence-electron chi connectivity index (χ1n) is 4.61. The molecular weight excluding hydrogens is 320 g/mol. The Morgan fingerprint density at radius 1 is 1.27 bits per heavy atom. The molecule has 0 aromatic carbocycles. The lowest BCUT2D eigenvalue weighted by Gasteiger charge is -2.17. The minimum Gasteiger partial charge on any atom is -0.302 e. The van der Waals surface area contributed by atoms with Gasteiger partial charge in [0.2, 0.25) is 0 Å². The van der Waals surface area contributed by atoms with Crippen molar-refractivity contribution in [1.29, 1.82) is 0 Å². The van der Waals surface area contributed by atoms with Crippen LogP contribution in [-0.2, 0) is 5.41 Å². The van der Waals surface area contributed by atoms with Gasteiger partial charge in [-0.15, -0.1) is 17.0 Å². The van der Waals surface area contributed by atoms with Gasteiger partial charge in [-0.1, -0.05) is 20.8 Å². The van der Waals surface area contributed by atoms with Gasteiger partial charge in [-0.2, -0.15) is 0 Å². The highest BCUT2D eigenvalue weighted by atomic mass is 79.9. The van der Waals surface area contributed by atoms with Gasteiger partial charge in [0.15, 0.2) is 0 Å². The largest absolute Gasteiger partial charge is 0.302 e. The predicted octanol–water partition coefficient (Wildman–Crippen LogP) is 3.97. The summed E-state index contributed by atoms with van der Waals surface area (Å²) in [5, 5.41) is 0. The van der Waals surface area contributed by atoms with Crippen molar-refractivity contribution in [3.8, 4) is 0 Å². The molecule has 0 spiro atoms.